The van der Waals surface area contributed by atoms with Gasteiger partial charge in [0, 0.05) is 16.6 Å². The fraction of sp³-hybridized carbons (Fsp3) is 0.400. The predicted molar refractivity (Wildman–Crippen MR) is 80.2 cm³/mol. The highest BCUT2D eigenvalue weighted by atomic mass is 35.5. The Kier molecular flexibility index (Phi) is 3.56. The van der Waals surface area contributed by atoms with Crippen molar-refractivity contribution in [1.29, 1.82) is 0 Å². The second kappa shape index (κ2) is 5.28. The molecule has 116 valence electrons. The molecule has 3 rings (SSSR count). The average Bonchev–Trinajstić information content (AvgIpc) is 3.24. The summed E-state index contributed by atoms with van der Waals surface area (Å²) < 4.78 is 0. The van der Waals surface area contributed by atoms with E-state index in [2.05, 4.69) is 10.6 Å². The highest BCUT2D eigenvalue weighted by Gasteiger charge is 2.50. The van der Waals surface area contributed by atoms with Crippen LogP contribution in [0.3, 0.4) is 0 Å². The van der Waals surface area contributed by atoms with E-state index >= 15 is 0 Å². The predicted octanol–water partition coefficient (Wildman–Crippen LogP) is 1.39. The van der Waals surface area contributed by atoms with E-state index in [1.54, 1.807) is 31.2 Å². The van der Waals surface area contributed by atoms with Crippen molar-refractivity contribution in [3.05, 3.63) is 34.9 Å². The molecule has 0 aromatic heterocycles. The molecule has 1 saturated carbocycles. The second-order valence-corrected chi connectivity index (χ2v) is 6.18. The third-order valence-electron chi connectivity index (χ3n) is 3.93. The average molecular weight is 322 g/mol. The van der Waals surface area contributed by atoms with E-state index in [4.69, 9.17) is 11.6 Å². The van der Waals surface area contributed by atoms with Crippen LogP contribution in [0.2, 0.25) is 5.02 Å². The van der Waals surface area contributed by atoms with Gasteiger partial charge in [0.2, 0.25) is 5.91 Å². The normalized spacial score (nSPS) is 24.4. The van der Waals surface area contributed by atoms with E-state index in [-0.39, 0.29) is 18.5 Å². The minimum absolute atomic E-state index is 0.184. The smallest absolute Gasteiger partial charge is 0.325 e. The minimum atomic E-state index is -1.25. The number of hydrogen-bond donors (Lipinski definition) is 2. The van der Waals surface area contributed by atoms with Crippen LogP contribution in [0.25, 0.3) is 0 Å². The monoisotopic (exact) mass is 321 g/mol. The van der Waals surface area contributed by atoms with Crippen LogP contribution in [-0.4, -0.2) is 35.3 Å². The molecule has 1 aliphatic heterocycles. The highest BCUT2D eigenvalue weighted by molar-refractivity contribution is 6.32. The lowest BCUT2D eigenvalue weighted by Gasteiger charge is -2.23. The lowest BCUT2D eigenvalue weighted by atomic mass is 9.92. The van der Waals surface area contributed by atoms with Gasteiger partial charge in [-0.3, -0.25) is 14.5 Å². The van der Waals surface area contributed by atoms with Crippen molar-refractivity contribution in [2.45, 2.75) is 31.3 Å². The lowest BCUT2D eigenvalue weighted by Crippen LogP contribution is -2.43. The molecule has 2 fully saturated rings. The largest absolute Gasteiger partial charge is 0.352 e. The summed E-state index contributed by atoms with van der Waals surface area (Å²) in [5.41, 5.74) is -0.741. The summed E-state index contributed by atoms with van der Waals surface area (Å²) in [6.45, 7) is 1.31. The van der Waals surface area contributed by atoms with Gasteiger partial charge in [0.25, 0.3) is 5.91 Å². The molecule has 22 heavy (non-hydrogen) atoms. The zero-order valence-corrected chi connectivity index (χ0v) is 12.8. The summed E-state index contributed by atoms with van der Waals surface area (Å²) in [5.74, 6) is -0.800. The molecule has 0 spiro atoms. The number of imide groups is 1. The molecular weight excluding hydrogens is 306 g/mol. The molecule has 0 unspecified atom stereocenters. The van der Waals surface area contributed by atoms with Gasteiger partial charge in [-0.05, 0) is 25.8 Å². The van der Waals surface area contributed by atoms with Crippen LogP contribution in [0.4, 0.5) is 4.79 Å². The fourth-order valence-electron chi connectivity index (χ4n) is 2.53. The summed E-state index contributed by atoms with van der Waals surface area (Å²) in [5, 5.41) is 5.79. The van der Waals surface area contributed by atoms with E-state index < -0.39 is 17.5 Å². The molecular formula is C15H16ClN3O3. The Bertz CT molecular complexity index is 659. The van der Waals surface area contributed by atoms with Crippen LogP contribution in [0.5, 0.6) is 0 Å². The maximum atomic E-state index is 12.6. The fourth-order valence-corrected chi connectivity index (χ4v) is 2.86. The Morgan fingerprint density at radius 2 is 2.09 bits per heavy atom. The molecule has 2 aliphatic rings. The number of amides is 4. The topological polar surface area (TPSA) is 78.5 Å². The van der Waals surface area contributed by atoms with Gasteiger partial charge in [0.15, 0.2) is 0 Å². The Morgan fingerprint density at radius 3 is 2.73 bits per heavy atom. The number of urea groups is 1. The van der Waals surface area contributed by atoms with Crippen molar-refractivity contribution in [2.75, 3.05) is 6.54 Å². The molecule has 1 aliphatic carbocycles. The number of benzene rings is 1. The molecule has 0 radical (unpaired) electrons. The molecule has 1 heterocycles. The van der Waals surface area contributed by atoms with Crippen LogP contribution in [0.15, 0.2) is 24.3 Å². The molecule has 1 aromatic rings. The maximum Gasteiger partial charge on any atom is 0.325 e. The van der Waals surface area contributed by atoms with Crippen LogP contribution in [0, 0.1) is 0 Å². The maximum absolute atomic E-state index is 12.6. The summed E-state index contributed by atoms with van der Waals surface area (Å²) in [6, 6.07) is 6.44. The van der Waals surface area contributed by atoms with E-state index in [1.807, 2.05) is 0 Å². The molecule has 1 saturated heterocycles. The Morgan fingerprint density at radius 1 is 1.41 bits per heavy atom. The van der Waals surface area contributed by atoms with Crippen LogP contribution in [0.1, 0.15) is 25.3 Å². The number of carbonyl (C=O) groups is 3. The second-order valence-electron chi connectivity index (χ2n) is 5.77. The first kappa shape index (κ1) is 14.8. The number of halogens is 1. The highest BCUT2D eigenvalue weighted by Crippen LogP contribution is 2.33. The van der Waals surface area contributed by atoms with Crippen molar-refractivity contribution < 1.29 is 14.4 Å². The Labute approximate surface area is 132 Å². The Hall–Kier alpha value is -2.08. The Balaban J connectivity index is 1.81. The van der Waals surface area contributed by atoms with Crippen molar-refractivity contribution in [1.82, 2.24) is 15.5 Å². The third-order valence-corrected chi connectivity index (χ3v) is 4.26. The van der Waals surface area contributed by atoms with E-state index in [0.29, 0.717) is 10.6 Å². The SMILES string of the molecule is C[C@]1(c2ccccc2Cl)NC(=O)N(CC(=O)NC2CC2)C1=O. The molecule has 4 amide bonds. The summed E-state index contributed by atoms with van der Waals surface area (Å²) >= 11 is 6.14. The number of nitrogens with zero attached hydrogens (tertiary/aromatic N) is 1. The van der Waals surface area contributed by atoms with Gasteiger partial charge in [0.1, 0.15) is 12.1 Å². The van der Waals surface area contributed by atoms with E-state index in [0.717, 1.165) is 17.7 Å². The van der Waals surface area contributed by atoms with Gasteiger partial charge in [0.05, 0.1) is 0 Å². The van der Waals surface area contributed by atoms with Gasteiger partial charge in [-0.25, -0.2) is 4.79 Å². The molecule has 1 atom stereocenters. The van der Waals surface area contributed by atoms with E-state index in [1.165, 1.54) is 0 Å². The summed E-state index contributed by atoms with van der Waals surface area (Å²) in [7, 11) is 0. The van der Waals surface area contributed by atoms with Crippen molar-refractivity contribution in [3.8, 4) is 0 Å². The molecule has 0 bridgehead atoms. The summed E-state index contributed by atoms with van der Waals surface area (Å²) in [6.07, 6.45) is 1.90. The molecule has 2 N–H and O–H groups in total. The third kappa shape index (κ3) is 2.54. The van der Waals surface area contributed by atoms with Gasteiger partial charge in [-0.15, -0.1) is 0 Å². The van der Waals surface area contributed by atoms with Crippen molar-refractivity contribution >= 4 is 29.4 Å². The van der Waals surface area contributed by atoms with Crippen molar-refractivity contribution in [2.24, 2.45) is 0 Å². The lowest BCUT2D eigenvalue weighted by molar-refractivity contribution is -0.134. The van der Waals surface area contributed by atoms with Crippen LogP contribution in [-0.2, 0) is 15.1 Å². The first-order chi connectivity index (χ1) is 10.4. The minimum Gasteiger partial charge on any atom is -0.352 e. The first-order valence-electron chi connectivity index (χ1n) is 7.10. The molecule has 1 aromatic carbocycles. The zero-order chi connectivity index (χ0) is 15.9. The van der Waals surface area contributed by atoms with Crippen molar-refractivity contribution in [3.63, 3.8) is 0 Å². The van der Waals surface area contributed by atoms with Gasteiger partial charge in [-0.2, -0.15) is 0 Å². The number of hydrogen-bond acceptors (Lipinski definition) is 3. The van der Waals surface area contributed by atoms with Crippen LogP contribution < -0.4 is 10.6 Å². The molecule has 6 nitrogen and oxygen atoms in total. The number of rotatable bonds is 4. The van der Waals surface area contributed by atoms with Gasteiger partial charge < -0.3 is 10.6 Å². The van der Waals surface area contributed by atoms with Gasteiger partial charge >= 0.3 is 6.03 Å². The van der Waals surface area contributed by atoms with E-state index in [9.17, 15) is 14.4 Å². The zero-order valence-electron chi connectivity index (χ0n) is 12.1. The quantitative estimate of drug-likeness (QED) is 0.822. The number of nitrogens with one attached hydrogen (secondary N) is 2. The standard InChI is InChI=1S/C15H16ClN3O3/c1-15(10-4-2-3-5-11(10)16)13(21)19(14(22)18-15)8-12(20)17-9-6-7-9/h2-5,9H,6-8H2,1H3,(H,17,20)(H,18,22)/t15-/m1/s1. The summed E-state index contributed by atoms with van der Waals surface area (Å²) in [4.78, 5) is 37.5. The number of carbonyl (C=O) groups excluding carboxylic acids is 3. The van der Waals surface area contributed by atoms with Gasteiger partial charge in [-0.1, -0.05) is 29.8 Å². The van der Waals surface area contributed by atoms with Crippen LogP contribution >= 0.6 is 11.6 Å². The molecule has 7 heteroatoms. The first-order valence-corrected chi connectivity index (χ1v) is 7.48.